The lowest BCUT2D eigenvalue weighted by atomic mass is 9.76. The Morgan fingerprint density at radius 2 is 1.59 bits per heavy atom. The highest BCUT2D eigenvalue weighted by molar-refractivity contribution is 7.89. The first-order valence-electron chi connectivity index (χ1n) is 11.3. The van der Waals surface area contributed by atoms with Crippen LogP contribution in [0.25, 0.3) is 0 Å². The number of likely N-dealkylation sites (tertiary alicyclic amines) is 1. The highest BCUT2D eigenvalue weighted by Gasteiger charge is 2.42. The molecule has 1 aromatic rings. The van der Waals surface area contributed by atoms with Crippen LogP contribution in [-0.2, 0) is 14.8 Å². The van der Waals surface area contributed by atoms with Crippen molar-refractivity contribution in [1.82, 2.24) is 9.21 Å². The third kappa shape index (κ3) is 4.11. The van der Waals surface area contributed by atoms with Gasteiger partial charge in [-0.2, -0.15) is 4.31 Å². The predicted molar refractivity (Wildman–Crippen MR) is 114 cm³/mol. The summed E-state index contributed by atoms with van der Waals surface area (Å²) in [5.41, 5.74) is 1.05. The molecule has 3 atom stereocenters. The van der Waals surface area contributed by atoms with Gasteiger partial charge in [-0.1, -0.05) is 30.5 Å². The van der Waals surface area contributed by atoms with Gasteiger partial charge in [-0.15, -0.1) is 0 Å². The van der Waals surface area contributed by atoms with Crippen molar-refractivity contribution >= 4 is 15.9 Å². The van der Waals surface area contributed by atoms with E-state index in [1.54, 1.807) is 16.4 Å². The summed E-state index contributed by atoms with van der Waals surface area (Å²) >= 11 is 0. The number of piperidine rings is 2. The van der Waals surface area contributed by atoms with Gasteiger partial charge in [0.25, 0.3) is 0 Å². The van der Waals surface area contributed by atoms with Crippen LogP contribution < -0.4 is 0 Å². The number of amides is 1. The summed E-state index contributed by atoms with van der Waals surface area (Å²) in [5, 5.41) is 0. The monoisotopic (exact) mass is 418 g/mol. The Labute approximate surface area is 175 Å². The van der Waals surface area contributed by atoms with Gasteiger partial charge in [0.1, 0.15) is 0 Å². The van der Waals surface area contributed by atoms with Gasteiger partial charge in [0.2, 0.25) is 15.9 Å². The topological polar surface area (TPSA) is 57.7 Å². The van der Waals surface area contributed by atoms with E-state index in [4.69, 9.17) is 0 Å². The van der Waals surface area contributed by atoms with E-state index in [0.717, 1.165) is 18.4 Å². The lowest BCUT2D eigenvalue weighted by Gasteiger charge is -2.49. The Bertz CT molecular complexity index is 828. The van der Waals surface area contributed by atoms with Crippen LogP contribution >= 0.6 is 0 Å². The Morgan fingerprint density at radius 3 is 2.28 bits per heavy atom. The average molecular weight is 419 g/mol. The molecule has 4 rings (SSSR count). The first-order valence-corrected chi connectivity index (χ1v) is 12.7. The summed E-state index contributed by atoms with van der Waals surface area (Å²) < 4.78 is 27.5. The van der Waals surface area contributed by atoms with Crippen molar-refractivity contribution < 1.29 is 13.2 Å². The van der Waals surface area contributed by atoms with Crippen molar-refractivity contribution in [3.05, 3.63) is 29.8 Å². The fraction of sp³-hybridized carbons (Fsp3) is 0.696. The van der Waals surface area contributed by atoms with E-state index in [0.29, 0.717) is 48.8 Å². The molecule has 1 aromatic carbocycles. The second-order valence-corrected chi connectivity index (χ2v) is 11.2. The minimum absolute atomic E-state index is 0.0393. The number of fused-ring (bicyclic) bond motifs is 1. The van der Waals surface area contributed by atoms with E-state index in [9.17, 15) is 13.2 Å². The summed E-state index contributed by atoms with van der Waals surface area (Å²) in [7, 11) is -3.47. The van der Waals surface area contributed by atoms with Crippen molar-refractivity contribution in [2.75, 3.05) is 13.1 Å². The fourth-order valence-electron chi connectivity index (χ4n) is 5.61. The third-order valence-electron chi connectivity index (χ3n) is 7.37. The molecule has 0 aromatic heterocycles. The summed E-state index contributed by atoms with van der Waals surface area (Å²) in [6.07, 6.45) is 8.54. The van der Waals surface area contributed by atoms with Crippen LogP contribution in [0.4, 0.5) is 0 Å². The summed E-state index contributed by atoms with van der Waals surface area (Å²) in [5.74, 6) is 0.912. The highest BCUT2D eigenvalue weighted by Crippen LogP contribution is 2.39. The van der Waals surface area contributed by atoms with E-state index in [2.05, 4.69) is 11.8 Å². The van der Waals surface area contributed by atoms with Crippen LogP contribution in [-0.4, -0.2) is 48.7 Å². The van der Waals surface area contributed by atoms with Gasteiger partial charge < -0.3 is 4.90 Å². The molecule has 3 aliphatic rings. The van der Waals surface area contributed by atoms with Gasteiger partial charge in [-0.05, 0) is 70.4 Å². The molecule has 0 spiro atoms. The van der Waals surface area contributed by atoms with E-state index < -0.39 is 10.0 Å². The molecule has 0 unspecified atom stereocenters. The van der Waals surface area contributed by atoms with Gasteiger partial charge in [0, 0.05) is 31.1 Å². The van der Waals surface area contributed by atoms with Crippen LogP contribution in [0.5, 0.6) is 0 Å². The smallest absolute Gasteiger partial charge is 0.243 e. The number of hydrogen-bond donors (Lipinski definition) is 0. The molecule has 0 radical (unpaired) electrons. The molecule has 5 nitrogen and oxygen atoms in total. The molecule has 1 amide bonds. The number of nitrogens with zero attached hydrogens (tertiary/aromatic N) is 2. The zero-order valence-electron chi connectivity index (χ0n) is 17.7. The Kier molecular flexibility index (Phi) is 6.03. The number of carbonyl (C=O) groups is 1. The molecule has 1 saturated carbocycles. The van der Waals surface area contributed by atoms with E-state index in [1.807, 2.05) is 19.1 Å². The maximum Gasteiger partial charge on any atom is 0.243 e. The molecule has 2 saturated heterocycles. The zero-order chi connectivity index (χ0) is 20.6. The molecular formula is C23H34N2O3S. The second kappa shape index (κ2) is 8.38. The van der Waals surface area contributed by atoms with E-state index in [1.165, 1.54) is 25.7 Å². The van der Waals surface area contributed by atoms with Gasteiger partial charge in [-0.25, -0.2) is 8.42 Å². The predicted octanol–water partition coefficient (Wildman–Crippen LogP) is 3.97. The maximum absolute atomic E-state index is 13.4. The highest BCUT2D eigenvalue weighted by atomic mass is 32.2. The molecule has 0 bridgehead atoms. The molecule has 160 valence electrons. The van der Waals surface area contributed by atoms with Crippen LogP contribution in [0.3, 0.4) is 0 Å². The van der Waals surface area contributed by atoms with Crippen molar-refractivity contribution in [3.8, 4) is 0 Å². The van der Waals surface area contributed by atoms with E-state index >= 15 is 0 Å². The van der Waals surface area contributed by atoms with Crippen LogP contribution in [0, 0.1) is 18.8 Å². The Balaban J connectivity index is 1.42. The van der Waals surface area contributed by atoms with Crippen molar-refractivity contribution in [2.24, 2.45) is 11.8 Å². The van der Waals surface area contributed by atoms with Crippen molar-refractivity contribution in [2.45, 2.75) is 82.2 Å². The lowest BCUT2D eigenvalue weighted by Crippen LogP contribution is -2.56. The maximum atomic E-state index is 13.4. The molecule has 3 fully saturated rings. The number of aryl methyl sites for hydroxylation is 1. The number of rotatable bonds is 3. The SMILES string of the molecule is Cc1ccc(S(=O)(=O)N2CCC(C(=O)N3[C@@H](C)CC[C@@H]4CCCC[C@@H]43)CC2)cc1. The second-order valence-electron chi connectivity index (χ2n) is 9.28. The molecule has 2 heterocycles. The lowest BCUT2D eigenvalue weighted by molar-refractivity contribution is -0.147. The van der Waals surface area contributed by atoms with Crippen molar-refractivity contribution in [3.63, 3.8) is 0 Å². The zero-order valence-corrected chi connectivity index (χ0v) is 18.5. The number of hydrogen-bond acceptors (Lipinski definition) is 3. The van der Waals surface area contributed by atoms with Crippen LogP contribution in [0.15, 0.2) is 29.2 Å². The molecular weight excluding hydrogens is 384 g/mol. The molecule has 2 aliphatic heterocycles. The fourth-order valence-corrected chi connectivity index (χ4v) is 7.08. The van der Waals surface area contributed by atoms with Crippen LogP contribution in [0.1, 0.15) is 63.9 Å². The summed E-state index contributed by atoms with van der Waals surface area (Å²) in [4.78, 5) is 16.0. The Morgan fingerprint density at radius 1 is 0.931 bits per heavy atom. The first kappa shape index (κ1) is 20.9. The number of benzene rings is 1. The molecule has 0 N–H and O–H groups in total. The van der Waals surface area contributed by atoms with Gasteiger partial charge in [0.05, 0.1) is 4.90 Å². The standard InChI is InChI=1S/C23H34N2O3S/c1-17-7-11-21(12-8-17)29(27,28)24-15-13-20(14-16-24)23(26)25-18(2)9-10-19-5-3-4-6-22(19)25/h7-8,11-12,18-20,22H,3-6,9-10,13-16H2,1-2H3/t18-,19-,22-/m0/s1. The Hall–Kier alpha value is -1.40. The molecule has 29 heavy (non-hydrogen) atoms. The normalized spacial score (nSPS) is 29.4. The van der Waals surface area contributed by atoms with E-state index in [-0.39, 0.29) is 11.8 Å². The largest absolute Gasteiger partial charge is 0.336 e. The third-order valence-corrected chi connectivity index (χ3v) is 9.29. The quantitative estimate of drug-likeness (QED) is 0.746. The van der Waals surface area contributed by atoms with Gasteiger partial charge >= 0.3 is 0 Å². The summed E-state index contributed by atoms with van der Waals surface area (Å²) in [6.45, 7) is 5.01. The molecule has 1 aliphatic carbocycles. The van der Waals surface area contributed by atoms with Crippen molar-refractivity contribution in [1.29, 1.82) is 0 Å². The minimum Gasteiger partial charge on any atom is -0.336 e. The van der Waals surface area contributed by atoms with Gasteiger partial charge in [0.15, 0.2) is 0 Å². The number of sulfonamides is 1. The molecule has 6 heteroatoms. The average Bonchev–Trinajstić information content (AvgIpc) is 2.73. The summed E-state index contributed by atoms with van der Waals surface area (Å²) in [6, 6.07) is 7.76. The number of carbonyl (C=O) groups excluding carboxylic acids is 1. The minimum atomic E-state index is -3.47. The van der Waals surface area contributed by atoms with Crippen LogP contribution in [0.2, 0.25) is 0 Å². The first-order chi connectivity index (χ1) is 13.9. The van der Waals surface area contributed by atoms with Gasteiger partial charge in [-0.3, -0.25) is 4.79 Å².